The minimum Gasteiger partial charge on any atom is -0.310 e. The van der Waals surface area contributed by atoms with Crippen molar-refractivity contribution in [3.05, 3.63) is 0 Å². The second kappa shape index (κ2) is 4.86. The number of likely N-dealkylation sites (tertiary alicyclic amines) is 1. The number of rotatable bonds is 5. The van der Waals surface area contributed by atoms with Crippen molar-refractivity contribution in [2.75, 3.05) is 25.9 Å². The molecule has 1 saturated heterocycles. The van der Waals surface area contributed by atoms with E-state index in [1.165, 1.54) is 38.9 Å². The topological polar surface area (TPSA) is 15.3 Å². The van der Waals surface area contributed by atoms with Gasteiger partial charge in [-0.25, -0.2) is 0 Å². The van der Waals surface area contributed by atoms with Crippen LogP contribution in [0, 0.1) is 0 Å². The standard InChI is InChI=1S/C11H22N2S/c1-9(14-2)7-13-6-5-11(8-13)12-10-3-4-10/h9-12H,3-8H2,1-2H3. The van der Waals surface area contributed by atoms with Crippen LogP contribution in [0.2, 0.25) is 0 Å². The van der Waals surface area contributed by atoms with Gasteiger partial charge in [0, 0.05) is 30.4 Å². The predicted molar refractivity (Wildman–Crippen MR) is 64.0 cm³/mol. The summed E-state index contributed by atoms with van der Waals surface area (Å²) in [5.41, 5.74) is 0. The fourth-order valence-corrected chi connectivity index (χ4v) is 2.52. The van der Waals surface area contributed by atoms with E-state index in [0.717, 1.165) is 17.3 Å². The summed E-state index contributed by atoms with van der Waals surface area (Å²) in [6.07, 6.45) is 6.40. The Morgan fingerprint density at radius 1 is 1.36 bits per heavy atom. The van der Waals surface area contributed by atoms with Crippen molar-refractivity contribution >= 4 is 11.8 Å². The monoisotopic (exact) mass is 214 g/mol. The minimum atomic E-state index is 0.787. The lowest BCUT2D eigenvalue weighted by Crippen LogP contribution is -2.35. The van der Waals surface area contributed by atoms with Gasteiger partial charge < -0.3 is 10.2 Å². The van der Waals surface area contributed by atoms with E-state index < -0.39 is 0 Å². The van der Waals surface area contributed by atoms with Crippen molar-refractivity contribution in [3.63, 3.8) is 0 Å². The van der Waals surface area contributed by atoms with Gasteiger partial charge >= 0.3 is 0 Å². The van der Waals surface area contributed by atoms with Gasteiger partial charge in [-0.05, 0) is 32.1 Å². The Balaban J connectivity index is 1.65. The van der Waals surface area contributed by atoms with Crippen LogP contribution in [0.15, 0.2) is 0 Å². The molecule has 1 saturated carbocycles. The summed E-state index contributed by atoms with van der Waals surface area (Å²) in [6, 6.07) is 1.66. The molecule has 2 rings (SSSR count). The van der Waals surface area contributed by atoms with E-state index in [9.17, 15) is 0 Å². The van der Waals surface area contributed by atoms with E-state index in [1.807, 2.05) is 11.8 Å². The van der Waals surface area contributed by atoms with E-state index in [1.54, 1.807) is 0 Å². The molecule has 0 aromatic rings. The van der Waals surface area contributed by atoms with Gasteiger partial charge in [-0.2, -0.15) is 11.8 Å². The molecule has 2 nitrogen and oxygen atoms in total. The van der Waals surface area contributed by atoms with Gasteiger partial charge in [0.25, 0.3) is 0 Å². The lowest BCUT2D eigenvalue weighted by Gasteiger charge is -2.19. The summed E-state index contributed by atoms with van der Waals surface area (Å²) in [6.45, 7) is 6.17. The first kappa shape index (κ1) is 10.8. The number of thioether (sulfide) groups is 1. The van der Waals surface area contributed by atoms with Gasteiger partial charge in [-0.15, -0.1) is 0 Å². The SMILES string of the molecule is CSC(C)CN1CCC(NC2CC2)C1. The highest BCUT2D eigenvalue weighted by Gasteiger charge is 2.29. The molecule has 0 aromatic carbocycles. The average Bonchev–Trinajstić information content (AvgIpc) is 2.87. The van der Waals surface area contributed by atoms with Crippen LogP contribution >= 0.6 is 11.8 Å². The molecule has 0 radical (unpaired) electrons. The van der Waals surface area contributed by atoms with Crippen molar-refractivity contribution in [1.82, 2.24) is 10.2 Å². The van der Waals surface area contributed by atoms with Crippen molar-refractivity contribution < 1.29 is 0 Å². The second-order valence-corrected chi connectivity index (χ2v) is 6.01. The van der Waals surface area contributed by atoms with Gasteiger partial charge in [-0.1, -0.05) is 6.92 Å². The molecule has 2 fully saturated rings. The zero-order chi connectivity index (χ0) is 9.97. The summed E-state index contributed by atoms with van der Waals surface area (Å²) in [4.78, 5) is 2.61. The maximum Gasteiger partial charge on any atom is 0.0209 e. The summed E-state index contributed by atoms with van der Waals surface area (Å²) in [7, 11) is 0. The third kappa shape index (κ3) is 3.14. The Labute approximate surface area is 91.8 Å². The fourth-order valence-electron chi connectivity index (χ4n) is 2.16. The molecular weight excluding hydrogens is 192 g/mol. The molecule has 2 unspecified atom stereocenters. The van der Waals surface area contributed by atoms with Crippen LogP contribution in [0.1, 0.15) is 26.2 Å². The molecule has 82 valence electrons. The van der Waals surface area contributed by atoms with Crippen LogP contribution in [0.4, 0.5) is 0 Å². The first-order valence-corrected chi connectivity index (χ1v) is 7.08. The van der Waals surface area contributed by atoms with Crippen LogP contribution in [0.5, 0.6) is 0 Å². The van der Waals surface area contributed by atoms with E-state index in [0.29, 0.717) is 0 Å². The molecule has 1 aliphatic heterocycles. The Hall–Kier alpha value is 0.270. The molecule has 1 heterocycles. The zero-order valence-corrected chi connectivity index (χ0v) is 10.1. The minimum absolute atomic E-state index is 0.787. The first-order chi connectivity index (χ1) is 6.78. The summed E-state index contributed by atoms with van der Waals surface area (Å²) in [5, 5.41) is 4.51. The fraction of sp³-hybridized carbons (Fsp3) is 1.00. The van der Waals surface area contributed by atoms with Gasteiger partial charge in [0.05, 0.1) is 0 Å². The molecule has 1 N–H and O–H groups in total. The predicted octanol–water partition coefficient (Wildman–Crippen LogP) is 1.56. The van der Waals surface area contributed by atoms with Crippen molar-refractivity contribution in [3.8, 4) is 0 Å². The lowest BCUT2D eigenvalue weighted by atomic mass is 10.2. The second-order valence-electron chi connectivity index (χ2n) is 4.73. The number of nitrogens with one attached hydrogen (secondary N) is 1. The van der Waals surface area contributed by atoms with Crippen LogP contribution < -0.4 is 5.32 Å². The third-order valence-electron chi connectivity index (χ3n) is 3.24. The average molecular weight is 214 g/mol. The molecule has 0 amide bonds. The van der Waals surface area contributed by atoms with Gasteiger partial charge in [0.2, 0.25) is 0 Å². The molecule has 1 aliphatic carbocycles. The maximum atomic E-state index is 3.73. The van der Waals surface area contributed by atoms with Crippen LogP contribution in [0.25, 0.3) is 0 Å². The van der Waals surface area contributed by atoms with Crippen molar-refractivity contribution in [2.45, 2.75) is 43.5 Å². The Morgan fingerprint density at radius 3 is 2.79 bits per heavy atom. The molecule has 2 atom stereocenters. The Bertz CT molecular complexity index is 182. The maximum absolute atomic E-state index is 3.73. The smallest absolute Gasteiger partial charge is 0.0209 e. The van der Waals surface area contributed by atoms with Crippen LogP contribution in [0.3, 0.4) is 0 Å². The molecule has 3 heteroatoms. The molecule has 0 bridgehead atoms. The summed E-state index contributed by atoms with van der Waals surface area (Å²) >= 11 is 1.98. The number of nitrogens with zero attached hydrogens (tertiary/aromatic N) is 1. The lowest BCUT2D eigenvalue weighted by molar-refractivity contribution is 0.331. The normalized spacial score (nSPS) is 30.9. The van der Waals surface area contributed by atoms with Gasteiger partial charge in [0.1, 0.15) is 0 Å². The first-order valence-electron chi connectivity index (χ1n) is 5.79. The molecule has 0 aromatic heterocycles. The quantitative estimate of drug-likeness (QED) is 0.748. The Kier molecular flexibility index (Phi) is 3.74. The highest BCUT2D eigenvalue weighted by atomic mass is 32.2. The third-order valence-corrected chi connectivity index (χ3v) is 4.19. The molecule has 2 aliphatic rings. The molecule has 0 spiro atoms. The summed E-state index contributed by atoms with van der Waals surface area (Å²) in [5.74, 6) is 0. The van der Waals surface area contributed by atoms with E-state index in [2.05, 4.69) is 23.4 Å². The Morgan fingerprint density at radius 2 is 2.14 bits per heavy atom. The van der Waals surface area contributed by atoms with Gasteiger partial charge in [-0.3, -0.25) is 0 Å². The molecular formula is C11H22N2S. The highest BCUT2D eigenvalue weighted by molar-refractivity contribution is 7.99. The van der Waals surface area contributed by atoms with E-state index in [-0.39, 0.29) is 0 Å². The van der Waals surface area contributed by atoms with Crippen LogP contribution in [-0.4, -0.2) is 48.1 Å². The van der Waals surface area contributed by atoms with Crippen LogP contribution in [-0.2, 0) is 0 Å². The summed E-state index contributed by atoms with van der Waals surface area (Å²) < 4.78 is 0. The van der Waals surface area contributed by atoms with E-state index in [4.69, 9.17) is 0 Å². The zero-order valence-electron chi connectivity index (χ0n) is 9.33. The highest BCUT2D eigenvalue weighted by Crippen LogP contribution is 2.22. The number of hydrogen-bond donors (Lipinski definition) is 1. The van der Waals surface area contributed by atoms with E-state index >= 15 is 0 Å². The number of hydrogen-bond acceptors (Lipinski definition) is 3. The van der Waals surface area contributed by atoms with Gasteiger partial charge in [0.15, 0.2) is 0 Å². The van der Waals surface area contributed by atoms with Crippen molar-refractivity contribution in [1.29, 1.82) is 0 Å². The molecule has 14 heavy (non-hydrogen) atoms. The largest absolute Gasteiger partial charge is 0.310 e. The van der Waals surface area contributed by atoms with Crippen molar-refractivity contribution in [2.24, 2.45) is 0 Å².